The maximum atomic E-state index is 12.8. The number of alkyl halides is 5. The highest BCUT2D eigenvalue weighted by atomic mass is 79.9. The average Bonchev–Trinajstić information content (AvgIpc) is 2.37. The van der Waals surface area contributed by atoms with Crippen LogP contribution >= 0.6 is 15.9 Å². The van der Waals surface area contributed by atoms with Crippen LogP contribution in [-0.2, 0) is 0 Å². The van der Waals surface area contributed by atoms with Gasteiger partial charge in [0.2, 0.25) is 0 Å². The van der Waals surface area contributed by atoms with Crippen LogP contribution in [0.5, 0.6) is 11.5 Å². The van der Waals surface area contributed by atoms with E-state index >= 15 is 0 Å². The Morgan fingerprint density at radius 2 is 2.00 bits per heavy atom. The van der Waals surface area contributed by atoms with E-state index in [1.54, 1.807) is 0 Å². The van der Waals surface area contributed by atoms with Gasteiger partial charge in [0.15, 0.2) is 17.3 Å². The number of hydrogen-bond acceptors (Lipinski definition) is 3. The van der Waals surface area contributed by atoms with Crippen molar-refractivity contribution in [3.05, 3.63) is 23.8 Å². The van der Waals surface area contributed by atoms with E-state index in [1.165, 1.54) is 19.2 Å². The molecule has 1 atom stereocenters. The summed E-state index contributed by atoms with van der Waals surface area (Å²) in [5.41, 5.74) is 0.212. The summed E-state index contributed by atoms with van der Waals surface area (Å²) in [5.74, 6) is -0.880. The van der Waals surface area contributed by atoms with Crippen LogP contribution in [0.3, 0.4) is 0 Å². The molecule has 19 heavy (non-hydrogen) atoms. The minimum absolute atomic E-state index is 0.0463. The van der Waals surface area contributed by atoms with Gasteiger partial charge in [-0.2, -0.15) is 17.6 Å². The van der Waals surface area contributed by atoms with Crippen molar-refractivity contribution in [3.63, 3.8) is 0 Å². The predicted molar refractivity (Wildman–Crippen MR) is 62.7 cm³/mol. The molecule has 0 saturated carbocycles. The van der Waals surface area contributed by atoms with E-state index in [0.29, 0.717) is 0 Å². The van der Waals surface area contributed by atoms with E-state index in [-0.39, 0.29) is 22.4 Å². The molecule has 8 heteroatoms. The van der Waals surface area contributed by atoms with E-state index in [9.17, 15) is 22.4 Å². The molecule has 0 aliphatic heterocycles. The summed E-state index contributed by atoms with van der Waals surface area (Å²) in [5, 5.41) is 0.0463. The van der Waals surface area contributed by atoms with E-state index in [1.807, 2.05) is 0 Å². The molecule has 1 rings (SSSR count). The smallest absolute Gasteiger partial charge is 0.457 e. The zero-order valence-corrected chi connectivity index (χ0v) is 11.2. The topological polar surface area (TPSA) is 35.5 Å². The van der Waals surface area contributed by atoms with Crippen LogP contribution in [0, 0.1) is 0 Å². The number of ether oxygens (including phenoxy) is 2. The minimum Gasteiger partial charge on any atom is -0.493 e. The number of carbonyl (C=O) groups excluding carboxylic acids is 1. The van der Waals surface area contributed by atoms with Crippen LogP contribution in [0.2, 0.25) is 0 Å². The van der Waals surface area contributed by atoms with Gasteiger partial charge in [-0.1, -0.05) is 15.9 Å². The van der Waals surface area contributed by atoms with E-state index in [0.717, 1.165) is 6.07 Å². The van der Waals surface area contributed by atoms with Crippen molar-refractivity contribution in [2.75, 3.05) is 12.4 Å². The quantitative estimate of drug-likeness (QED) is 0.466. The standard InChI is InChI=1S/C11H9BrF4O3/c1-18-9-4-6(7(17)5-12)2-3-8(9)19-10(13)11(14,15)16/h2-4,10H,5H2,1H3. The second kappa shape index (κ2) is 6.23. The zero-order valence-electron chi connectivity index (χ0n) is 9.63. The number of carbonyl (C=O) groups is 1. The fourth-order valence-corrected chi connectivity index (χ4v) is 1.52. The molecule has 1 aromatic carbocycles. The Labute approximate surface area is 114 Å². The van der Waals surface area contributed by atoms with Gasteiger partial charge in [-0.05, 0) is 18.2 Å². The van der Waals surface area contributed by atoms with Crippen LogP contribution in [-0.4, -0.2) is 30.8 Å². The zero-order chi connectivity index (χ0) is 14.6. The second-order valence-corrected chi connectivity index (χ2v) is 3.96. The van der Waals surface area contributed by atoms with E-state index < -0.39 is 18.3 Å². The second-order valence-electron chi connectivity index (χ2n) is 3.40. The Morgan fingerprint density at radius 1 is 1.37 bits per heavy atom. The van der Waals surface area contributed by atoms with Gasteiger partial charge in [-0.15, -0.1) is 0 Å². The van der Waals surface area contributed by atoms with Gasteiger partial charge in [0, 0.05) is 5.56 Å². The van der Waals surface area contributed by atoms with Gasteiger partial charge in [0.1, 0.15) is 0 Å². The maximum Gasteiger partial charge on any atom is 0.457 e. The number of halogens is 5. The Hall–Kier alpha value is -1.31. The lowest BCUT2D eigenvalue weighted by Crippen LogP contribution is -2.30. The molecule has 0 aromatic heterocycles. The first-order valence-electron chi connectivity index (χ1n) is 4.94. The van der Waals surface area contributed by atoms with Crippen LogP contribution in [0.4, 0.5) is 17.6 Å². The number of Topliss-reactive ketones (excluding diaryl/α,β-unsaturated/α-hetero) is 1. The van der Waals surface area contributed by atoms with Crippen molar-refractivity contribution in [2.24, 2.45) is 0 Å². The van der Waals surface area contributed by atoms with Crippen LogP contribution in [0.25, 0.3) is 0 Å². The molecule has 106 valence electrons. The van der Waals surface area contributed by atoms with Crippen molar-refractivity contribution in [1.82, 2.24) is 0 Å². The van der Waals surface area contributed by atoms with Crippen LogP contribution < -0.4 is 9.47 Å². The fourth-order valence-electron chi connectivity index (χ4n) is 1.19. The molecule has 0 spiro atoms. The van der Waals surface area contributed by atoms with Crippen molar-refractivity contribution in [2.45, 2.75) is 12.5 Å². The van der Waals surface area contributed by atoms with Crippen molar-refractivity contribution >= 4 is 21.7 Å². The fraction of sp³-hybridized carbons (Fsp3) is 0.364. The lowest BCUT2D eigenvalue weighted by atomic mass is 10.1. The van der Waals surface area contributed by atoms with Crippen molar-refractivity contribution in [1.29, 1.82) is 0 Å². The highest BCUT2D eigenvalue weighted by molar-refractivity contribution is 9.09. The lowest BCUT2D eigenvalue weighted by molar-refractivity contribution is -0.236. The van der Waals surface area contributed by atoms with Gasteiger partial charge < -0.3 is 9.47 Å². The van der Waals surface area contributed by atoms with Gasteiger partial charge in [-0.25, -0.2) is 0 Å². The number of hydrogen-bond donors (Lipinski definition) is 0. The van der Waals surface area contributed by atoms with Crippen molar-refractivity contribution in [3.8, 4) is 11.5 Å². The summed E-state index contributed by atoms with van der Waals surface area (Å²) in [6.07, 6.45) is -8.59. The molecule has 1 aromatic rings. The average molecular weight is 345 g/mol. The Kier molecular flexibility index (Phi) is 5.16. The third-order valence-electron chi connectivity index (χ3n) is 2.09. The van der Waals surface area contributed by atoms with Crippen LogP contribution in [0.1, 0.15) is 10.4 Å². The highest BCUT2D eigenvalue weighted by Gasteiger charge is 2.42. The SMILES string of the molecule is COc1cc(C(=O)CBr)ccc1OC(F)C(F)(F)F. The maximum absolute atomic E-state index is 12.8. The van der Waals surface area contributed by atoms with Gasteiger partial charge in [-0.3, -0.25) is 4.79 Å². The van der Waals surface area contributed by atoms with Crippen LogP contribution in [0.15, 0.2) is 18.2 Å². The third kappa shape index (κ3) is 4.09. The first kappa shape index (κ1) is 15.7. The molecule has 0 amide bonds. The summed E-state index contributed by atoms with van der Waals surface area (Å²) >= 11 is 2.95. The first-order valence-corrected chi connectivity index (χ1v) is 6.06. The lowest BCUT2D eigenvalue weighted by Gasteiger charge is -2.16. The molecule has 1 unspecified atom stereocenters. The number of rotatable bonds is 5. The molecule has 0 saturated heterocycles. The number of benzene rings is 1. The summed E-state index contributed by atoms with van der Waals surface area (Å²) < 4.78 is 57.8. The normalized spacial score (nSPS) is 12.9. The van der Waals surface area contributed by atoms with E-state index in [4.69, 9.17) is 4.74 Å². The van der Waals surface area contributed by atoms with Gasteiger partial charge in [0.25, 0.3) is 0 Å². The minimum atomic E-state index is -5.13. The molecular weight excluding hydrogens is 336 g/mol. The molecule has 0 radical (unpaired) electrons. The molecule has 0 aliphatic rings. The van der Waals surface area contributed by atoms with Gasteiger partial charge >= 0.3 is 12.5 Å². The molecule has 0 N–H and O–H groups in total. The van der Waals surface area contributed by atoms with E-state index in [2.05, 4.69) is 20.7 Å². The summed E-state index contributed by atoms with van der Waals surface area (Å²) in [6, 6.07) is 3.46. The molecule has 3 nitrogen and oxygen atoms in total. The Morgan fingerprint density at radius 3 is 2.47 bits per heavy atom. The first-order chi connectivity index (χ1) is 8.79. The Balaban J connectivity index is 3.00. The predicted octanol–water partition coefficient (Wildman–Crippen LogP) is 3.51. The highest BCUT2D eigenvalue weighted by Crippen LogP contribution is 2.33. The molecule has 0 heterocycles. The number of methoxy groups -OCH3 is 1. The molecule has 0 fully saturated rings. The summed E-state index contributed by atoms with van der Waals surface area (Å²) in [7, 11) is 1.17. The summed E-state index contributed by atoms with van der Waals surface area (Å²) in [6.45, 7) is 0. The number of ketones is 1. The third-order valence-corrected chi connectivity index (χ3v) is 2.60. The van der Waals surface area contributed by atoms with Gasteiger partial charge in [0.05, 0.1) is 12.4 Å². The monoisotopic (exact) mass is 344 g/mol. The molecular formula is C11H9BrF4O3. The Bertz CT molecular complexity index is 462. The largest absolute Gasteiger partial charge is 0.493 e. The van der Waals surface area contributed by atoms with Crippen molar-refractivity contribution < 1.29 is 31.8 Å². The molecule has 0 bridgehead atoms. The summed E-state index contributed by atoms with van der Waals surface area (Å²) in [4.78, 5) is 11.4. The molecule has 0 aliphatic carbocycles.